The van der Waals surface area contributed by atoms with E-state index in [1.807, 2.05) is 59.3 Å². The van der Waals surface area contributed by atoms with Crippen LogP contribution in [0.2, 0.25) is 0 Å². The van der Waals surface area contributed by atoms with E-state index in [1.165, 1.54) is 0 Å². The Morgan fingerprint density at radius 1 is 1.09 bits per heavy atom. The number of rotatable bonds is 10. The predicted octanol–water partition coefficient (Wildman–Crippen LogP) is 3.61. The third-order valence-electron chi connectivity index (χ3n) is 5.36. The number of carbonyl (C=O) groups excluding carboxylic acids is 1. The molecule has 4 rings (SSSR count). The maximum absolute atomic E-state index is 12.8. The standard InChI is InChI=1S/C24H29N5O3/c1-17(2)15-19(24-27-26-22-9-4-5-11-29(22)24)25-23(30)16-32-21-8-6-7-20-18(21)10-12-28(20)13-14-31-3/h4-12,17,19H,13-16H2,1-3H3,(H,25,30). The zero-order valence-corrected chi connectivity index (χ0v) is 18.7. The molecule has 1 aromatic carbocycles. The van der Waals surface area contributed by atoms with Crippen LogP contribution >= 0.6 is 0 Å². The molecule has 32 heavy (non-hydrogen) atoms. The molecule has 3 aromatic heterocycles. The summed E-state index contributed by atoms with van der Waals surface area (Å²) >= 11 is 0. The molecule has 3 heterocycles. The van der Waals surface area contributed by atoms with Crippen molar-refractivity contribution in [2.45, 2.75) is 32.9 Å². The van der Waals surface area contributed by atoms with E-state index in [1.54, 1.807) is 7.11 Å². The van der Waals surface area contributed by atoms with E-state index < -0.39 is 0 Å². The van der Waals surface area contributed by atoms with Crippen molar-refractivity contribution in [2.75, 3.05) is 20.3 Å². The Morgan fingerprint density at radius 2 is 1.97 bits per heavy atom. The van der Waals surface area contributed by atoms with Gasteiger partial charge in [-0.2, -0.15) is 0 Å². The minimum absolute atomic E-state index is 0.0757. The highest BCUT2D eigenvalue weighted by Crippen LogP contribution is 2.27. The molecule has 1 atom stereocenters. The van der Waals surface area contributed by atoms with Crippen LogP contribution in [-0.2, 0) is 16.1 Å². The van der Waals surface area contributed by atoms with Gasteiger partial charge in [0.25, 0.3) is 5.91 Å². The Hall–Kier alpha value is -3.39. The van der Waals surface area contributed by atoms with Gasteiger partial charge in [0.1, 0.15) is 5.75 Å². The number of ether oxygens (including phenoxy) is 2. The molecule has 0 saturated carbocycles. The highest BCUT2D eigenvalue weighted by molar-refractivity contribution is 5.87. The third-order valence-corrected chi connectivity index (χ3v) is 5.36. The van der Waals surface area contributed by atoms with E-state index in [9.17, 15) is 4.79 Å². The fraction of sp³-hybridized carbons (Fsp3) is 0.375. The molecule has 0 spiro atoms. The number of benzene rings is 1. The summed E-state index contributed by atoms with van der Waals surface area (Å²) in [5.74, 6) is 1.58. The van der Waals surface area contributed by atoms with Crippen LogP contribution in [-0.4, -0.2) is 45.4 Å². The van der Waals surface area contributed by atoms with E-state index in [0.717, 1.165) is 35.3 Å². The lowest BCUT2D eigenvalue weighted by Crippen LogP contribution is -2.34. The van der Waals surface area contributed by atoms with Crippen molar-refractivity contribution >= 4 is 22.5 Å². The monoisotopic (exact) mass is 435 g/mol. The van der Waals surface area contributed by atoms with Crippen molar-refractivity contribution in [1.82, 2.24) is 24.5 Å². The van der Waals surface area contributed by atoms with E-state index in [-0.39, 0.29) is 18.6 Å². The van der Waals surface area contributed by atoms with Gasteiger partial charge in [0.2, 0.25) is 0 Å². The lowest BCUT2D eigenvalue weighted by Gasteiger charge is -2.19. The number of pyridine rings is 1. The van der Waals surface area contributed by atoms with Crippen LogP contribution in [0.25, 0.3) is 16.6 Å². The van der Waals surface area contributed by atoms with Gasteiger partial charge in [-0.1, -0.05) is 26.0 Å². The fourth-order valence-electron chi connectivity index (χ4n) is 3.88. The summed E-state index contributed by atoms with van der Waals surface area (Å²) in [5.41, 5.74) is 1.80. The lowest BCUT2D eigenvalue weighted by molar-refractivity contribution is -0.124. The van der Waals surface area contributed by atoms with Gasteiger partial charge in [-0.05, 0) is 42.7 Å². The molecule has 0 saturated heterocycles. The van der Waals surface area contributed by atoms with Crippen molar-refractivity contribution in [3.63, 3.8) is 0 Å². The summed E-state index contributed by atoms with van der Waals surface area (Å²) in [5, 5.41) is 12.6. The Balaban J connectivity index is 1.47. The first kappa shape index (κ1) is 21.8. The second-order valence-corrected chi connectivity index (χ2v) is 8.22. The van der Waals surface area contributed by atoms with Crippen molar-refractivity contribution in [1.29, 1.82) is 0 Å². The average molecular weight is 436 g/mol. The van der Waals surface area contributed by atoms with Gasteiger partial charge in [-0.25, -0.2) is 0 Å². The number of carbonyl (C=O) groups is 1. The molecular weight excluding hydrogens is 406 g/mol. The molecule has 0 bridgehead atoms. The zero-order valence-electron chi connectivity index (χ0n) is 18.7. The molecule has 0 aliphatic heterocycles. The molecule has 4 aromatic rings. The van der Waals surface area contributed by atoms with Gasteiger partial charge in [-0.15, -0.1) is 10.2 Å². The first-order chi connectivity index (χ1) is 15.6. The number of hydrogen-bond acceptors (Lipinski definition) is 5. The van der Waals surface area contributed by atoms with E-state index in [0.29, 0.717) is 18.3 Å². The quantitative estimate of drug-likeness (QED) is 0.411. The number of aromatic nitrogens is 4. The molecule has 0 aliphatic carbocycles. The van der Waals surface area contributed by atoms with E-state index in [4.69, 9.17) is 9.47 Å². The Morgan fingerprint density at radius 3 is 2.78 bits per heavy atom. The van der Waals surface area contributed by atoms with E-state index >= 15 is 0 Å². The molecule has 168 valence electrons. The molecule has 1 unspecified atom stereocenters. The van der Waals surface area contributed by atoms with Crippen LogP contribution in [0.3, 0.4) is 0 Å². The van der Waals surface area contributed by atoms with Crippen molar-refractivity contribution in [3.8, 4) is 5.75 Å². The molecule has 8 nitrogen and oxygen atoms in total. The largest absolute Gasteiger partial charge is 0.483 e. The summed E-state index contributed by atoms with van der Waals surface area (Å²) in [6, 6.07) is 13.3. The number of hydrogen-bond donors (Lipinski definition) is 1. The van der Waals surface area contributed by atoms with Gasteiger partial charge in [0, 0.05) is 31.4 Å². The van der Waals surface area contributed by atoms with Crippen LogP contribution in [0.4, 0.5) is 0 Å². The molecule has 1 amide bonds. The summed E-state index contributed by atoms with van der Waals surface area (Å²) in [4.78, 5) is 12.8. The van der Waals surface area contributed by atoms with E-state index in [2.05, 4.69) is 33.9 Å². The zero-order chi connectivity index (χ0) is 22.5. The van der Waals surface area contributed by atoms with Crippen molar-refractivity contribution < 1.29 is 14.3 Å². The minimum atomic E-state index is -0.255. The second-order valence-electron chi connectivity index (χ2n) is 8.22. The number of nitrogens with one attached hydrogen (secondary N) is 1. The number of fused-ring (bicyclic) bond motifs is 2. The third kappa shape index (κ3) is 4.75. The van der Waals surface area contributed by atoms with Gasteiger partial charge in [0.05, 0.1) is 18.2 Å². The van der Waals surface area contributed by atoms with Gasteiger partial charge < -0.3 is 19.4 Å². The normalized spacial score (nSPS) is 12.5. The summed E-state index contributed by atoms with van der Waals surface area (Å²) in [6.07, 6.45) is 4.67. The topological polar surface area (TPSA) is 82.7 Å². The van der Waals surface area contributed by atoms with Crippen LogP contribution in [0.15, 0.2) is 54.9 Å². The first-order valence-electron chi connectivity index (χ1n) is 10.9. The lowest BCUT2D eigenvalue weighted by atomic mass is 10.0. The number of methoxy groups -OCH3 is 1. The van der Waals surface area contributed by atoms with Crippen molar-refractivity contribution in [3.05, 3.63) is 60.7 Å². The van der Waals surface area contributed by atoms with Crippen LogP contribution in [0.1, 0.15) is 32.1 Å². The minimum Gasteiger partial charge on any atom is -0.483 e. The van der Waals surface area contributed by atoms with Gasteiger partial charge in [-0.3, -0.25) is 9.20 Å². The van der Waals surface area contributed by atoms with Gasteiger partial charge >= 0.3 is 0 Å². The number of nitrogens with zero attached hydrogens (tertiary/aromatic N) is 4. The maximum atomic E-state index is 12.8. The van der Waals surface area contributed by atoms with Crippen molar-refractivity contribution in [2.24, 2.45) is 5.92 Å². The first-order valence-corrected chi connectivity index (χ1v) is 10.9. The Kier molecular flexibility index (Phi) is 6.70. The molecule has 1 N–H and O–H groups in total. The Bertz CT molecular complexity index is 1200. The molecular formula is C24H29N5O3. The van der Waals surface area contributed by atoms with Crippen LogP contribution in [0.5, 0.6) is 5.75 Å². The SMILES string of the molecule is COCCn1ccc2c(OCC(=O)NC(CC(C)C)c3nnc4ccccn34)cccc21. The second kappa shape index (κ2) is 9.82. The fourth-order valence-corrected chi connectivity index (χ4v) is 3.88. The Labute approximate surface area is 187 Å². The molecule has 0 fully saturated rings. The molecule has 0 aliphatic rings. The average Bonchev–Trinajstić information content (AvgIpc) is 3.40. The highest BCUT2D eigenvalue weighted by atomic mass is 16.5. The molecule has 0 radical (unpaired) electrons. The van der Waals surface area contributed by atoms with Gasteiger partial charge in [0.15, 0.2) is 18.1 Å². The maximum Gasteiger partial charge on any atom is 0.258 e. The van der Waals surface area contributed by atoms with Crippen LogP contribution < -0.4 is 10.1 Å². The summed E-state index contributed by atoms with van der Waals surface area (Å²) in [6.45, 7) is 5.55. The predicted molar refractivity (Wildman–Crippen MR) is 123 cm³/mol. The molecule has 8 heteroatoms. The van der Waals surface area contributed by atoms with Crippen LogP contribution in [0, 0.1) is 5.92 Å². The smallest absolute Gasteiger partial charge is 0.258 e. The number of amides is 1. The summed E-state index contributed by atoms with van der Waals surface area (Å²) in [7, 11) is 1.69. The summed E-state index contributed by atoms with van der Waals surface area (Å²) < 4.78 is 15.1. The highest BCUT2D eigenvalue weighted by Gasteiger charge is 2.22.